The lowest BCUT2D eigenvalue weighted by Gasteiger charge is -2.26. The van der Waals surface area contributed by atoms with Crippen LogP contribution >= 0.6 is 0 Å². The summed E-state index contributed by atoms with van der Waals surface area (Å²) in [6.45, 7) is 0.617. The van der Waals surface area contributed by atoms with E-state index in [1.165, 1.54) is 12.1 Å². The number of halogens is 2. The van der Waals surface area contributed by atoms with Gasteiger partial charge in [-0.15, -0.1) is 0 Å². The first-order valence-corrected chi connectivity index (χ1v) is 9.03. The van der Waals surface area contributed by atoms with Gasteiger partial charge in [-0.1, -0.05) is 6.07 Å². The van der Waals surface area contributed by atoms with Crippen LogP contribution in [0.15, 0.2) is 48.7 Å². The Hall–Kier alpha value is -3.06. The third-order valence-corrected chi connectivity index (χ3v) is 5.16. The van der Waals surface area contributed by atoms with E-state index in [0.717, 1.165) is 22.9 Å². The van der Waals surface area contributed by atoms with E-state index in [2.05, 4.69) is 5.10 Å². The van der Waals surface area contributed by atoms with Gasteiger partial charge < -0.3 is 10.6 Å². The predicted octanol–water partition coefficient (Wildman–Crippen LogP) is 2.89. The minimum Gasteiger partial charge on any atom is -0.330 e. The maximum Gasteiger partial charge on any atom is 0.254 e. The van der Waals surface area contributed by atoms with E-state index < -0.39 is 11.6 Å². The molecule has 1 aromatic heterocycles. The van der Waals surface area contributed by atoms with Gasteiger partial charge in [-0.2, -0.15) is 5.10 Å². The van der Waals surface area contributed by atoms with Gasteiger partial charge >= 0.3 is 0 Å². The highest BCUT2D eigenvalue weighted by atomic mass is 19.1. The van der Waals surface area contributed by atoms with Crippen molar-refractivity contribution in [2.75, 3.05) is 6.54 Å². The number of fused-ring (bicyclic) bond motifs is 1. The summed E-state index contributed by atoms with van der Waals surface area (Å²) in [5.41, 5.74) is 9.86. The third-order valence-electron chi connectivity index (χ3n) is 5.16. The van der Waals surface area contributed by atoms with Crippen LogP contribution in [0, 0.1) is 11.6 Å². The molecule has 1 atom stereocenters. The van der Waals surface area contributed by atoms with Crippen molar-refractivity contribution in [2.24, 2.45) is 12.8 Å². The standard InChI is InChI=1S/C21H20F2N4O/c1-26-20(4-5-25-26)14-2-3-19-15(9-14)12-27(21(19)28)18(11-24)8-13-6-16(22)10-17(23)7-13/h2-7,9-10,18H,8,11-12,24H2,1H3. The summed E-state index contributed by atoms with van der Waals surface area (Å²) in [7, 11) is 1.86. The van der Waals surface area contributed by atoms with Crippen molar-refractivity contribution >= 4 is 5.91 Å². The van der Waals surface area contributed by atoms with Gasteiger partial charge in [0, 0.05) is 49.6 Å². The van der Waals surface area contributed by atoms with Crippen molar-refractivity contribution < 1.29 is 13.6 Å². The van der Waals surface area contributed by atoms with Gasteiger partial charge in [-0.05, 0) is 47.9 Å². The van der Waals surface area contributed by atoms with E-state index in [4.69, 9.17) is 5.73 Å². The average molecular weight is 382 g/mol. The van der Waals surface area contributed by atoms with Crippen molar-refractivity contribution in [3.63, 3.8) is 0 Å². The number of hydrogen-bond acceptors (Lipinski definition) is 3. The van der Waals surface area contributed by atoms with Crippen LogP contribution in [0.3, 0.4) is 0 Å². The molecule has 0 saturated heterocycles. The Morgan fingerprint density at radius 3 is 2.54 bits per heavy atom. The minimum atomic E-state index is -0.636. The van der Waals surface area contributed by atoms with Crippen LogP contribution in [0.1, 0.15) is 21.5 Å². The Kier molecular flexibility index (Phi) is 4.68. The van der Waals surface area contributed by atoms with Crippen LogP contribution in [0.2, 0.25) is 0 Å². The van der Waals surface area contributed by atoms with E-state index in [1.54, 1.807) is 15.8 Å². The molecule has 1 unspecified atom stereocenters. The summed E-state index contributed by atoms with van der Waals surface area (Å²) in [5, 5.41) is 4.18. The monoisotopic (exact) mass is 382 g/mol. The smallest absolute Gasteiger partial charge is 0.254 e. The quantitative estimate of drug-likeness (QED) is 0.738. The second-order valence-corrected chi connectivity index (χ2v) is 7.02. The average Bonchev–Trinajstić information content (AvgIpc) is 3.22. The summed E-state index contributed by atoms with van der Waals surface area (Å²) in [6.07, 6.45) is 2.02. The molecule has 0 aliphatic carbocycles. The molecule has 28 heavy (non-hydrogen) atoms. The summed E-state index contributed by atoms with van der Waals surface area (Å²) in [6, 6.07) is 10.7. The molecule has 1 aliphatic heterocycles. The molecular formula is C21H20F2N4O. The fourth-order valence-corrected chi connectivity index (χ4v) is 3.78. The van der Waals surface area contributed by atoms with Crippen molar-refractivity contribution in [1.29, 1.82) is 0 Å². The second-order valence-electron chi connectivity index (χ2n) is 7.02. The molecule has 2 N–H and O–H groups in total. The third kappa shape index (κ3) is 3.29. The second kappa shape index (κ2) is 7.16. The predicted molar refractivity (Wildman–Crippen MR) is 101 cm³/mol. The minimum absolute atomic E-state index is 0.112. The largest absolute Gasteiger partial charge is 0.330 e. The molecule has 2 heterocycles. The zero-order chi connectivity index (χ0) is 19.8. The van der Waals surface area contributed by atoms with Gasteiger partial charge in [0.1, 0.15) is 11.6 Å². The number of amides is 1. The zero-order valence-corrected chi connectivity index (χ0v) is 15.4. The summed E-state index contributed by atoms with van der Waals surface area (Å²) in [5.74, 6) is -1.39. The molecule has 0 saturated carbocycles. The molecule has 0 fully saturated rings. The lowest BCUT2D eigenvalue weighted by molar-refractivity contribution is 0.0708. The number of nitrogens with zero attached hydrogens (tertiary/aromatic N) is 3. The summed E-state index contributed by atoms with van der Waals surface area (Å²) in [4.78, 5) is 14.6. The number of nitrogens with two attached hydrogens (primary N) is 1. The Labute approximate surface area is 161 Å². The molecule has 144 valence electrons. The van der Waals surface area contributed by atoms with E-state index in [0.29, 0.717) is 24.1 Å². The van der Waals surface area contributed by atoms with Crippen molar-refractivity contribution in [1.82, 2.24) is 14.7 Å². The lowest BCUT2D eigenvalue weighted by Crippen LogP contribution is -2.42. The lowest BCUT2D eigenvalue weighted by atomic mass is 10.0. The van der Waals surface area contributed by atoms with Crippen LogP contribution in [-0.4, -0.2) is 33.2 Å². The van der Waals surface area contributed by atoms with Gasteiger partial charge in [0.2, 0.25) is 0 Å². The number of carbonyl (C=O) groups excluding carboxylic acids is 1. The first kappa shape index (κ1) is 18.3. The van der Waals surface area contributed by atoms with Crippen molar-refractivity contribution in [2.45, 2.75) is 19.0 Å². The molecule has 2 aromatic carbocycles. The van der Waals surface area contributed by atoms with Crippen molar-refractivity contribution in [3.05, 3.63) is 77.0 Å². The number of aryl methyl sites for hydroxylation is 1. The maximum absolute atomic E-state index is 13.5. The molecular weight excluding hydrogens is 362 g/mol. The Morgan fingerprint density at radius 1 is 1.14 bits per heavy atom. The molecule has 0 radical (unpaired) electrons. The highest BCUT2D eigenvalue weighted by molar-refractivity contribution is 5.99. The normalized spacial score (nSPS) is 14.4. The fourth-order valence-electron chi connectivity index (χ4n) is 3.78. The molecule has 5 nitrogen and oxygen atoms in total. The Morgan fingerprint density at radius 2 is 1.89 bits per heavy atom. The Balaban J connectivity index is 1.59. The number of hydrogen-bond donors (Lipinski definition) is 1. The number of rotatable bonds is 5. The van der Waals surface area contributed by atoms with Crippen LogP contribution in [-0.2, 0) is 20.0 Å². The van der Waals surface area contributed by atoms with Crippen molar-refractivity contribution in [3.8, 4) is 11.3 Å². The molecule has 0 spiro atoms. The van der Waals surface area contributed by atoms with E-state index in [9.17, 15) is 13.6 Å². The first-order chi connectivity index (χ1) is 13.5. The van der Waals surface area contributed by atoms with Crippen LogP contribution < -0.4 is 5.73 Å². The molecule has 3 aromatic rings. The van der Waals surface area contributed by atoms with Gasteiger partial charge in [-0.3, -0.25) is 9.48 Å². The molecule has 7 heteroatoms. The number of aromatic nitrogens is 2. The molecule has 1 amide bonds. The Bertz CT molecular complexity index is 1030. The van der Waals surface area contributed by atoms with Gasteiger partial charge in [0.05, 0.1) is 5.69 Å². The van der Waals surface area contributed by atoms with E-state index in [-0.39, 0.29) is 18.5 Å². The van der Waals surface area contributed by atoms with Gasteiger partial charge in [0.25, 0.3) is 5.91 Å². The molecule has 4 rings (SSSR count). The topological polar surface area (TPSA) is 64.2 Å². The summed E-state index contributed by atoms with van der Waals surface area (Å²) >= 11 is 0. The highest BCUT2D eigenvalue weighted by Crippen LogP contribution is 2.30. The highest BCUT2D eigenvalue weighted by Gasteiger charge is 2.32. The van der Waals surface area contributed by atoms with Crippen LogP contribution in [0.25, 0.3) is 11.3 Å². The molecule has 0 bridgehead atoms. The first-order valence-electron chi connectivity index (χ1n) is 9.03. The van der Waals surface area contributed by atoms with Crippen LogP contribution in [0.5, 0.6) is 0 Å². The van der Waals surface area contributed by atoms with E-state index >= 15 is 0 Å². The van der Waals surface area contributed by atoms with Gasteiger partial charge in [0.15, 0.2) is 0 Å². The molecule has 1 aliphatic rings. The number of carbonyl (C=O) groups is 1. The number of benzene rings is 2. The van der Waals surface area contributed by atoms with E-state index in [1.807, 2.05) is 31.3 Å². The summed E-state index contributed by atoms with van der Waals surface area (Å²) < 4.78 is 28.8. The maximum atomic E-state index is 13.5. The fraction of sp³-hybridized carbons (Fsp3) is 0.238. The van der Waals surface area contributed by atoms with Crippen LogP contribution in [0.4, 0.5) is 8.78 Å². The SMILES string of the molecule is Cn1nccc1-c1ccc2c(c1)CN(C(CN)Cc1cc(F)cc(F)c1)C2=O. The van der Waals surface area contributed by atoms with Gasteiger partial charge in [-0.25, -0.2) is 8.78 Å². The zero-order valence-electron chi connectivity index (χ0n) is 15.4.